The van der Waals surface area contributed by atoms with Crippen LogP contribution in [0.2, 0.25) is 0 Å². The zero-order valence-electron chi connectivity index (χ0n) is 11.6. The van der Waals surface area contributed by atoms with Gasteiger partial charge in [-0.1, -0.05) is 17.7 Å². The topological polar surface area (TPSA) is 75.6 Å². The lowest BCUT2D eigenvalue weighted by atomic mass is 10.1. The molecule has 0 radical (unpaired) electrons. The van der Waals surface area contributed by atoms with E-state index in [1.54, 1.807) is 0 Å². The summed E-state index contributed by atoms with van der Waals surface area (Å²) < 4.78 is 5.73. The minimum Gasteiger partial charge on any atom is -0.491 e. The van der Waals surface area contributed by atoms with Gasteiger partial charge in [-0.15, -0.1) is 0 Å². The highest BCUT2D eigenvalue weighted by molar-refractivity contribution is 5.84. The molecule has 2 heterocycles. The zero-order valence-corrected chi connectivity index (χ0v) is 11.6. The third-order valence-corrected chi connectivity index (χ3v) is 3.38. The number of hydrogen-bond acceptors (Lipinski definition) is 5. The molecule has 0 saturated heterocycles. The highest BCUT2D eigenvalue weighted by Gasteiger charge is 2.17. The fraction of sp³-hybridized carbons (Fsp3) is 0.267. The summed E-state index contributed by atoms with van der Waals surface area (Å²) in [7, 11) is 0. The number of hydrogen-bond donors (Lipinski definition) is 1. The van der Waals surface area contributed by atoms with Gasteiger partial charge >= 0.3 is 5.97 Å². The summed E-state index contributed by atoms with van der Waals surface area (Å²) in [5, 5.41) is 8.86. The van der Waals surface area contributed by atoms with Gasteiger partial charge in [0.1, 0.15) is 18.2 Å². The van der Waals surface area contributed by atoms with Crippen molar-refractivity contribution in [3.05, 3.63) is 47.4 Å². The van der Waals surface area contributed by atoms with Crippen molar-refractivity contribution in [1.29, 1.82) is 0 Å². The SMILES string of the molecule is Cc1ccc2c(c1)CN(c1cnc(C(=O)O)cn1)CCO2. The summed E-state index contributed by atoms with van der Waals surface area (Å²) in [6.45, 7) is 3.93. The van der Waals surface area contributed by atoms with Crippen LogP contribution in [-0.2, 0) is 6.54 Å². The van der Waals surface area contributed by atoms with Crippen LogP contribution in [0.1, 0.15) is 21.6 Å². The predicted octanol–water partition coefficient (Wildman–Crippen LogP) is 1.88. The maximum atomic E-state index is 10.8. The molecule has 0 fully saturated rings. The summed E-state index contributed by atoms with van der Waals surface area (Å²) in [4.78, 5) is 20.9. The minimum absolute atomic E-state index is 0.0546. The van der Waals surface area contributed by atoms with E-state index in [1.807, 2.05) is 24.0 Å². The lowest BCUT2D eigenvalue weighted by Gasteiger charge is -2.20. The Morgan fingerprint density at radius 3 is 2.90 bits per heavy atom. The second-order valence-electron chi connectivity index (χ2n) is 4.95. The smallest absolute Gasteiger partial charge is 0.356 e. The number of aromatic carboxylic acids is 1. The number of anilines is 1. The van der Waals surface area contributed by atoms with Crippen LogP contribution in [0.15, 0.2) is 30.6 Å². The fourth-order valence-electron chi connectivity index (χ4n) is 2.31. The van der Waals surface area contributed by atoms with Gasteiger partial charge in [0, 0.05) is 12.1 Å². The molecule has 1 aromatic carbocycles. The summed E-state index contributed by atoms with van der Waals surface area (Å²) in [5.74, 6) is 0.463. The van der Waals surface area contributed by atoms with E-state index in [4.69, 9.17) is 9.84 Å². The number of fused-ring (bicyclic) bond motifs is 1. The van der Waals surface area contributed by atoms with Crippen molar-refractivity contribution in [3.63, 3.8) is 0 Å². The molecule has 0 unspecified atom stereocenters. The molecular formula is C15H15N3O3. The van der Waals surface area contributed by atoms with Gasteiger partial charge in [0.25, 0.3) is 0 Å². The first-order valence-corrected chi connectivity index (χ1v) is 6.66. The van der Waals surface area contributed by atoms with Gasteiger partial charge in [-0.05, 0) is 13.0 Å². The van der Waals surface area contributed by atoms with Crippen molar-refractivity contribution in [2.75, 3.05) is 18.1 Å². The van der Waals surface area contributed by atoms with Crippen molar-refractivity contribution in [1.82, 2.24) is 9.97 Å². The Bertz CT molecular complexity index is 670. The number of rotatable bonds is 2. The molecule has 0 atom stereocenters. The van der Waals surface area contributed by atoms with E-state index in [0.717, 1.165) is 11.3 Å². The molecule has 6 heteroatoms. The first-order chi connectivity index (χ1) is 10.1. The van der Waals surface area contributed by atoms with Crippen LogP contribution in [-0.4, -0.2) is 34.2 Å². The summed E-state index contributed by atoms with van der Waals surface area (Å²) in [5.41, 5.74) is 2.21. The van der Waals surface area contributed by atoms with Crippen LogP contribution in [0.3, 0.4) is 0 Å². The maximum absolute atomic E-state index is 10.8. The van der Waals surface area contributed by atoms with Crippen LogP contribution in [0.4, 0.5) is 5.82 Å². The maximum Gasteiger partial charge on any atom is 0.356 e. The summed E-state index contributed by atoms with van der Waals surface area (Å²) >= 11 is 0. The molecule has 0 aliphatic carbocycles. The van der Waals surface area contributed by atoms with Gasteiger partial charge < -0.3 is 14.7 Å². The number of aromatic nitrogens is 2. The number of nitrogens with zero attached hydrogens (tertiary/aromatic N) is 3. The average Bonchev–Trinajstić information content (AvgIpc) is 2.69. The third kappa shape index (κ3) is 2.79. The van der Waals surface area contributed by atoms with Crippen molar-refractivity contribution < 1.29 is 14.6 Å². The van der Waals surface area contributed by atoms with E-state index in [2.05, 4.69) is 16.0 Å². The summed E-state index contributed by atoms with van der Waals surface area (Å²) in [6.07, 6.45) is 2.77. The van der Waals surface area contributed by atoms with E-state index in [1.165, 1.54) is 18.0 Å². The zero-order chi connectivity index (χ0) is 14.8. The van der Waals surface area contributed by atoms with Gasteiger partial charge in [-0.3, -0.25) is 0 Å². The molecule has 21 heavy (non-hydrogen) atoms. The Morgan fingerprint density at radius 1 is 1.33 bits per heavy atom. The average molecular weight is 285 g/mol. The molecule has 1 aliphatic heterocycles. The number of aryl methyl sites for hydroxylation is 1. The number of benzene rings is 1. The van der Waals surface area contributed by atoms with Gasteiger partial charge in [0.15, 0.2) is 5.69 Å². The molecule has 6 nitrogen and oxygen atoms in total. The van der Waals surface area contributed by atoms with E-state index < -0.39 is 5.97 Å². The fourth-order valence-corrected chi connectivity index (χ4v) is 2.31. The van der Waals surface area contributed by atoms with Gasteiger partial charge in [-0.25, -0.2) is 14.8 Å². The number of carboxylic acids is 1. The standard InChI is InChI=1S/C15H15N3O3/c1-10-2-3-13-11(6-10)9-18(4-5-21-13)14-8-16-12(7-17-14)15(19)20/h2-3,6-8H,4-5,9H2,1H3,(H,19,20). The van der Waals surface area contributed by atoms with Crippen LogP contribution < -0.4 is 9.64 Å². The van der Waals surface area contributed by atoms with Crippen LogP contribution in [0, 0.1) is 6.92 Å². The quantitative estimate of drug-likeness (QED) is 0.908. The third-order valence-electron chi connectivity index (χ3n) is 3.38. The normalized spacial score (nSPS) is 14.0. The van der Waals surface area contributed by atoms with E-state index in [9.17, 15) is 4.79 Å². The van der Waals surface area contributed by atoms with Gasteiger partial charge in [0.2, 0.25) is 0 Å². The lowest BCUT2D eigenvalue weighted by molar-refractivity contribution is 0.0690. The number of ether oxygens (including phenoxy) is 1. The molecule has 1 aliphatic rings. The van der Waals surface area contributed by atoms with E-state index >= 15 is 0 Å². The molecule has 1 N–H and O–H groups in total. The van der Waals surface area contributed by atoms with Gasteiger partial charge in [-0.2, -0.15) is 0 Å². The van der Waals surface area contributed by atoms with Gasteiger partial charge in [0.05, 0.1) is 18.9 Å². The first kappa shape index (κ1) is 13.4. The van der Waals surface area contributed by atoms with Crippen LogP contribution in [0.5, 0.6) is 5.75 Å². The molecule has 108 valence electrons. The van der Waals surface area contributed by atoms with Crippen LogP contribution >= 0.6 is 0 Å². The monoisotopic (exact) mass is 285 g/mol. The summed E-state index contributed by atoms with van der Waals surface area (Å²) in [6, 6.07) is 6.09. The molecule has 0 saturated carbocycles. The first-order valence-electron chi connectivity index (χ1n) is 6.66. The molecule has 2 aromatic rings. The van der Waals surface area contributed by atoms with E-state index in [0.29, 0.717) is 25.5 Å². The predicted molar refractivity (Wildman–Crippen MR) is 76.7 cm³/mol. The molecule has 0 amide bonds. The van der Waals surface area contributed by atoms with Crippen molar-refractivity contribution in [2.45, 2.75) is 13.5 Å². The Kier molecular flexibility index (Phi) is 3.43. The lowest BCUT2D eigenvalue weighted by Crippen LogP contribution is -2.26. The molecular weight excluding hydrogens is 270 g/mol. The second kappa shape index (κ2) is 5.40. The number of carboxylic acid groups (broad SMARTS) is 1. The molecule has 1 aromatic heterocycles. The van der Waals surface area contributed by atoms with Crippen molar-refractivity contribution in [3.8, 4) is 5.75 Å². The Morgan fingerprint density at radius 2 is 2.19 bits per heavy atom. The largest absolute Gasteiger partial charge is 0.491 e. The van der Waals surface area contributed by atoms with Crippen molar-refractivity contribution in [2.24, 2.45) is 0 Å². The number of carbonyl (C=O) groups is 1. The van der Waals surface area contributed by atoms with E-state index in [-0.39, 0.29) is 5.69 Å². The molecule has 0 spiro atoms. The second-order valence-corrected chi connectivity index (χ2v) is 4.95. The Hall–Kier alpha value is -2.63. The molecule has 0 bridgehead atoms. The molecule has 3 rings (SSSR count). The highest BCUT2D eigenvalue weighted by atomic mass is 16.5. The van der Waals surface area contributed by atoms with Crippen LogP contribution in [0.25, 0.3) is 0 Å². The minimum atomic E-state index is -1.07. The van der Waals surface area contributed by atoms with Crippen molar-refractivity contribution >= 4 is 11.8 Å². The Balaban J connectivity index is 1.87. The Labute approximate surface area is 122 Å². The highest BCUT2D eigenvalue weighted by Crippen LogP contribution is 2.26.